The number of amides is 2. The summed E-state index contributed by atoms with van der Waals surface area (Å²) < 4.78 is 10.1. The maximum atomic E-state index is 11.8. The van der Waals surface area contributed by atoms with Crippen molar-refractivity contribution in [2.24, 2.45) is 0 Å². The third-order valence-electron chi connectivity index (χ3n) is 2.72. The van der Waals surface area contributed by atoms with Crippen molar-refractivity contribution >= 4 is 11.7 Å². The van der Waals surface area contributed by atoms with Crippen molar-refractivity contribution in [3.8, 4) is 11.8 Å². The zero-order chi connectivity index (χ0) is 15.1. The van der Waals surface area contributed by atoms with Gasteiger partial charge < -0.3 is 25.1 Å². The molecule has 0 saturated heterocycles. The minimum absolute atomic E-state index is 0.290. The molecule has 21 heavy (non-hydrogen) atoms. The maximum absolute atomic E-state index is 11.8. The van der Waals surface area contributed by atoms with Gasteiger partial charge in [0.25, 0.3) is 0 Å². The normalized spacial score (nSPS) is 10.0. The van der Waals surface area contributed by atoms with Crippen molar-refractivity contribution in [2.45, 2.75) is 6.42 Å². The van der Waals surface area contributed by atoms with Crippen molar-refractivity contribution in [3.05, 3.63) is 30.4 Å². The zero-order valence-electron chi connectivity index (χ0n) is 11.8. The Balaban J connectivity index is 1.87. The molecule has 0 aliphatic heterocycles. The van der Waals surface area contributed by atoms with Crippen LogP contribution in [0.1, 0.15) is 5.69 Å². The zero-order valence-corrected chi connectivity index (χ0v) is 11.8. The van der Waals surface area contributed by atoms with Gasteiger partial charge in [-0.25, -0.2) is 9.78 Å². The number of aromatic nitrogens is 3. The molecule has 0 aliphatic rings. The third kappa shape index (κ3) is 4.10. The number of hydrogen-bond acceptors (Lipinski definition) is 5. The van der Waals surface area contributed by atoms with E-state index in [4.69, 9.17) is 9.47 Å². The van der Waals surface area contributed by atoms with Gasteiger partial charge in [-0.15, -0.1) is 0 Å². The van der Waals surface area contributed by atoms with Crippen LogP contribution in [0.2, 0.25) is 0 Å². The number of carbonyl (C=O) groups excluding carboxylic acids is 1. The van der Waals surface area contributed by atoms with E-state index >= 15 is 0 Å². The van der Waals surface area contributed by atoms with E-state index < -0.39 is 0 Å². The standard InChI is InChI=1S/C13H17N5O3/c1-20-11-4-3-10(12(18-11)21-2)17-13(19)15-6-5-9-7-14-8-16-9/h3-4,7-8H,5-6H2,1-2H3,(H,14,16)(H2,15,17,19). The number of H-pyrrole nitrogens is 1. The monoisotopic (exact) mass is 291 g/mol. The fraction of sp³-hybridized carbons (Fsp3) is 0.308. The summed E-state index contributed by atoms with van der Waals surface area (Å²) in [5.41, 5.74) is 1.43. The largest absolute Gasteiger partial charge is 0.481 e. The molecular weight excluding hydrogens is 274 g/mol. The van der Waals surface area contributed by atoms with E-state index in [1.165, 1.54) is 14.2 Å². The number of anilines is 1. The van der Waals surface area contributed by atoms with Gasteiger partial charge in [-0.1, -0.05) is 0 Å². The molecule has 2 amide bonds. The topological polar surface area (TPSA) is 101 Å². The summed E-state index contributed by atoms with van der Waals surface area (Å²) in [7, 11) is 2.99. The van der Waals surface area contributed by atoms with Gasteiger partial charge in [0.05, 0.1) is 20.5 Å². The number of nitrogens with one attached hydrogen (secondary N) is 3. The second-order valence-electron chi connectivity index (χ2n) is 4.12. The van der Waals surface area contributed by atoms with Gasteiger partial charge >= 0.3 is 6.03 Å². The van der Waals surface area contributed by atoms with Crippen LogP contribution in [0.15, 0.2) is 24.7 Å². The van der Waals surface area contributed by atoms with Gasteiger partial charge in [-0.2, -0.15) is 4.98 Å². The number of carbonyl (C=O) groups is 1. The maximum Gasteiger partial charge on any atom is 0.319 e. The Bertz CT molecular complexity index is 585. The molecule has 0 unspecified atom stereocenters. The summed E-state index contributed by atoms with van der Waals surface area (Å²) in [6.45, 7) is 0.486. The molecule has 0 saturated carbocycles. The van der Waals surface area contributed by atoms with Gasteiger partial charge in [0, 0.05) is 30.9 Å². The second kappa shape index (κ2) is 7.13. The number of methoxy groups -OCH3 is 2. The average molecular weight is 291 g/mol. The number of nitrogens with zero attached hydrogens (tertiary/aromatic N) is 2. The Kier molecular flexibility index (Phi) is 4.97. The van der Waals surface area contributed by atoms with Crippen LogP contribution in [0, 0.1) is 0 Å². The predicted octanol–water partition coefficient (Wildman–Crippen LogP) is 1.19. The summed E-state index contributed by atoms with van der Waals surface area (Å²) in [6.07, 6.45) is 3.99. The van der Waals surface area contributed by atoms with Crippen LogP contribution < -0.4 is 20.1 Å². The number of hydrogen-bond donors (Lipinski definition) is 3. The van der Waals surface area contributed by atoms with Gasteiger partial charge in [0.2, 0.25) is 11.8 Å². The summed E-state index contributed by atoms with van der Waals surface area (Å²) >= 11 is 0. The van der Waals surface area contributed by atoms with Crippen LogP contribution in [0.3, 0.4) is 0 Å². The van der Waals surface area contributed by atoms with E-state index in [2.05, 4.69) is 25.6 Å². The Hall–Kier alpha value is -2.77. The fourth-order valence-corrected chi connectivity index (χ4v) is 1.69. The molecule has 8 nitrogen and oxygen atoms in total. The second-order valence-corrected chi connectivity index (χ2v) is 4.12. The van der Waals surface area contributed by atoms with Crippen molar-refractivity contribution in [1.82, 2.24) is 20.3 Å². The van der Waals surface area contributed by atoms with E-state index in [1.54, 1.807) is 24.7 Å². The summed E-state index contributed by atoms with van der Waals surface area (Å²) in [5, 5.41) is 5.41. The summed E-state index contributed by atoms with van der Waals surface area (Å²) in [5.74, 6) is 0.704. The molecule has 0 fully saturated rings. The predicted molar refractivity (Wildman–Crippen MR) is 76.7 cm³/mol. The first kappa shape index (κ1) is 14.6. The molecule has 2 rings (SSSR count). The first-order valence-electron chi connectivity index (χ1n) is 6.34. The highest BCUT2D eigenvalue weighted by atomic mass is 16.5. The third-order valence-corrected chi connectivity index (χ3v) is 2.72. The van der Waals surface area contributed by atoms with Gasteiger partial charge in [-0.3, -0.25) is 0 Å². The molecular formula is C13H17N5O3. The molecule has 112 valence electrons. The lowest BCUT2D eigenvalue weighted by atomic mass is 10.3. The van der Waals surface area contributed by atoms with E-state index in [0.29, 0.717) is 24.5 Å². The lowest BCUT2D eigenvalue weighted by Crippen LogP contribution is -2.30. The number of imidazole rings is 1. The van der Waals surface area contributed by atoms with Gasteiger partial charge in [0.1, 0.15) is 5.69 Å². The highest BCUT2D eigenvalue weighted by molar-refractivity contribution is 5.90. The van der Waals surface area contributed by atoms with E-state index in [0.717, 1.165) is 5.69 Å². The SMILES string of the molecule is COc1ccc(NC(=O)NCCc2cnc[nH]2)c(OC)n1. The van der Waals surface area contributed by atoms with E-state index in [-0.39, 0.29) is 11.9 Å². The van der Waals surface area contributed by atoms with Crippen LogP contribution >= 0.6 is 0 Å². The van der Waals surface area contributed by atoms with Crippen molar-refractivity contribution in [2.75, 3.05) is 26.1 Å². The number of aromatic amines is 1. The Morgan fingerprint density at radius 3 is 2.86 bits per heavy atom. The smallest absolute Gasteiger partial charge is 0.319 e. The summed E-state index contributed by atoms with van der Waals surface area (Å²) in [6, 6.07) is 2.97. The number of urea groups is 1. The molecule has 2 heterocycles. The van der Waals surface area contributed by atoms with Crippen molar-refractivity contribution in [1.29, 1.82) is 0 Å². The van der Waals surface area contributed by atoms with Crippen molar-refractivity contribution < 1.29 is 14.3 Å². The molecule has 2 aromatic heterocycles. The first-order chi connectivity index (χ1) is 10.2. The minimum Gasteiger partial charge on any atom is -0.481 e. The number of ether oxygens (including phenoxy) is 2. The molecule has 3 N–H and O–H groups in total. The van der Waals surface area contributed by atoms with Crippen LogP contribution in [0.4, 0.5) is 10.5 Å². The number of pyridine rings is 1. The Morgan fingerprint density at radius 1 is 1.33 bits per heavy atom. The average Bonchev–Trinajstić information content (AvgIpc) is 3.01. The Labute approximate surface area is 121 Å². The van der Waals surface area contributed by atoms with Gasteiger partial charge in [0.15, 0.2) is 0 Å². The minimum atomic E-state index is -0.334. The van der Waals surface area contributed by atoms with Crippen LogP contribution in [0.25, 0.3) is 0 Å². The van der Waals surface area contributed by atoms with Crippen LogP contribution in [-0.4, -0.2) is 41.7 Å². The molecule has 0 aliphatic carbocycles. The molecule has 0 spiro atoms. The molecule has 0 atom stereocenters. The molecule has 0 bridgehead atoms. The van der Waals surface area contributed by atoms with E-state index in [9.17, 15) is 4.79 Å². The van der Waals surface area contributed by atoms with Crippen LogP contribution in [0.5, 0.6) is 11.8 Å². The Morgan fingerprint density at radius 2 is 2.19 bits per heavy atom. The summed E-state index contributed by atoms with van der Waals surface area (Å²) in [4.78, 5) is 22.8. The number of rotatable bonds is 6. The van der Waals surface area contributed by atoms with Crippen molar-refractivity contribution in [3.63, 3.8) is 0 Å². The highest BCUT2D eigenvalue weighted by Gasteiger charge is 2.09. The van der Waals surface area contributed by atoms with E-state index in [1.807, 2.05) is 0 Å². The molecule has 2 aromatic rings. The first-order valence-corrected chi connectivity index (χ1v) is 6.34. The quantitative estimate of drug-likeness (QED) is 0.742. The molecule has 8 heteroatoms. The lowest BCUT2D eigenvalue weighted by Gasteiger charge is -2.11. The fourth-order valence-electron chi connectivity index (χ4n) is 1.69. The lowest BCUT2D eigenvalue weighted by molar-refractivity contribution is 0.252. The highest BCUT2D eigenvalue weighted by Crippen LogP contribution is 2.24. The molecule has 0 aromatic carbocycles. The van der Waals surface area contributed by atoms with Gasteiger partial charge in [-0.05, 0) is 6.07 Å². The van der Waals surface area contributed by atoms with Crippen LogP contribution in [-0.2, 0) is 6.42 Å². The molecule has 0 radical (unpaired) electrons.